The number of benzene rings is 1. The molecule has 1 nitrogen and oxygen atoms in total. The Morgan fingerprint density at radius 3 is 2.68 bits per heavy atom. The minimum absolute atomic E-state index is 0.197. The van der Waals surface area contributed by atoms with Crippen molar-refractivity contribution in [2.75, 3.05) is 12.3 Å². The van der Waals surface area contributed by atoms with Crippen LogP contribution in [0, 0.1) is 5.82 Å². The van der Waals surface area contributed by atoms with Crippen molar-refractivity contribution in [3.8, 4) is 0 Å². The van der Waals surface area contributed by atoms with Crippen LogP contribution in [0.1, 0.15) is 32.8 Å². The summed E-state index contributed by atoms with van der Waals surface area (Å²) in [6, 6.07) is 5.73. The van der Waals surface area contributed by atoms with Crippen molar-refractivity contribution in [1.29, 1.82) is 0 Å². The molecule has 1 rings (SSSR count). The Morgan fingerprint density at radius 1 is 1.37 bits per heavy atom. The Hall–Kier alpha value is -0.0600. The van der Waals surface area contributed by atoms with E-state index in [4.69, 9.17) is 0 Å². The van der Waals surface area contributed by atoms with Crippen LogP contribution in [0.3, 0.4) is 0 Å². The van der Waals surface area contributed by atoms with Crippen LogP contribution in [0.5, 0.6) is 0 Å². The van der Waals surface area contributed by atoms with E-state index in [9.17, 15) is 4.39 Å². The quantitative estimate of drug-likeness (QED) is 0.734. The van der Waals surface area contributed by atoms with E-state index in [2.05, 4.69) is 42.0 Å². The fourth-order valence-corrected chi connectivity index (χ4v) is 3.29. The smallest absolute Gasteiger partial charge is 0.137 e. The molecule has 0 bridgehead atoms. The number of halogens is 2. The molecule has 2 unspecified atom stereocenters. The molecule has 0 aliphatic heterocycles. The normalized spacial score (nSPS) is 14.4. The van der Waals surface area contributed by atoms with Crippen molar-refractivity contribution in [2.24, 2.45) is 0 Å². The number of nitrogens with one attached hydrogen (secondary N) is 1. The van der Waals surface area contributed by atoms with Gasteiger partial charge in [0.25, 0.3) is 0 Å². The first-order valence-corrected chi connectivity index (χ1v) is 8.69. The fourth-order valence-electron chi connectivity index (χ4n) is 1.83. The number of hydrogen-bond acceptors (Lipinski definition) is 2. The predicted molar refractivity (Wildman–Crippen MR) is 87.5 cm³/mol. The van der Waals surface area contributed by atoms with Crippen molar-refractivity contribution >= 4 is 27.7 Å². The monoisotopic (exact) mass is 347 g/mol. The van der Waals surface area contributed by atoms with Gasteiger partial charge in [-0.3, -0.25) is 0 Å². The third kappa shape index (κ3) is 6.28. The van der Waals surface area contributed by atoms with Gasteiger partial charge in [0, 0.05) is 17.0 Å². The van der Waals surface area contributed by atoms with Crippen LogP contribution in [0.15, 0.2) is 22.7 Å². The molecule has 1 aromatic carbocycles. The summed E-state index contributed by atoms with van der Waals surface area (Å²) in [6.45, 7) is 7.58. The highest BCUT2D eigenvalue weighted by Crippen LogP contribution is 2.20. The molecule has 0 radical (unpaired) electrons. The first-order valence-electron chi connectivity index (χ1n) is 6.85. The van der Waals surface area contributed by atoms with Crippen molar-refractivity contribution in [3.63, 3.8) is 0 Å². The van der Waals surface area contributed by atoms with E-state index < -0.39 is 0 Å². The largest absolute Gasteiger partial charge is 0.313 e. The van der Waals surface area contributed by atoms with Crippen molar-refractivity contribution in [2.45, 2.75) is 44.9 Å². The summed E-state index contributed by atoms with van der Waals surface area (Å²) >= 11 is 5.25. The molecule has 0 saturated carbocycles. The molecule has 2 atom stereocenters. The highest BCUT2D eigenvalue weighted by atomic mass is 79.9. The molecule has 4 heteroatoms. The molecule has 0 aromatic heterocycles. The van der Waals surface area contributed by atoms with Gasteiger partial charge in [-0.2, -0.15) is 11.8 Å². The molecule has 108 valence electrons. The van der Waals surface area contributed by atoms with E-state index >= 15 is 0 Å². The van der Waals surface area contributed by atoms with E-state index in [1.807, 2.05) is 23.9 Å². The van der Waals surface area contributed by atoms with Crippen LogP contribution in [0.2, 0.25) is 0 Å². The van der Waals surface area contributed by atoms with E-state index in [0.717, 1.165) is 18.7 Å². The van der Waals surface area contributed by atoms with Gasteiger partial charge >= 0.3 is 0 Å². The van der Waals surface area contributed by atoms with Gasteiger partial charge in [0.2, 0.25) is 0 Å². The lowest BCUT2D eigenvalue weighted by Crippen LogP contribution is -2.33. The first-order chi connectivity index (χ1) is 9.06. The summed E-state index contributed by atoms with van der Waals surface area (Å²) in [7, 11) is 0. The highest BCUT2D eigenvalue weighted by Gasteiger charge is 2.11. The van der Waals surface area contributed by atoms with Crippen LogP contribution < -0.4 is 5.32 Å². The predicted octanol–water partition coefficient (Wildman–Crippen LogP) is 4.64. The minimum Gasteiger partial charge on any atom is -0.313 e. The molecular formula is C15H23BrFNS. The zero-order valence-corrected chi connectivity index (χ0v) is 14.3. The third-order valence-corrected chi connectivity index (χ3v) is 5.22. The highest BCUT2D eigenvalue weighted by molar-refractivity contribution is 9.10. The number of rotatable bonds is 8. The average Bonchev–Trinajstić information content (AvgIpc) is 2.40. The van der Waals surface area contributed by atoms with Crippen molar-refractivity contribution in [1.82, 2.24) is 5.32 Å². The summed E-state index contributed by atoms with van der Waals surface area (Å²) in [5, 5.41) is 4.21. The average molecular weight is 348 g/mol. The topological polar surface area (TPSA) is 12.0 Å². The van der Waals surface area contributed by atoms with Crippen LogP contribution in [0.25, 0.3) is 0 Å². The van der Waals surface area contributed by atoms with Gasteiger partial charge in [-0.15, -0.1) is 0 Å². The lowest BCUT2D eigenvalue weighted by atomic mass is 10.1. The van der Waals surface area contributed by atoms with E-state index in [-0.39, 0.29) is 5.82 Å². The van der Waals surface area contributed by atoms with Gasteiger partial charge in [-0.1, -0.05) is 26.8 Å². The van der Waals surface area contributed by atoms with Gasteiger partial charge in [-0.25, -0.2) is 4.39 Å². The number of likely N-dealkylation sites (N-methyl/N-ethyl adjacent to an activating group) is 1. The van der Waals surface area contributed by atoms with Gasteiger partial charge in [0.05, 0.1) is 4.47 Å². The van der Waals surface area contributed by atoms with Crippen LogP contribution in [0.4, 0.5) is 4.39 Å². The zero-order chi connectivity index (χ0) is 14.3. The molecule has 0 saturated heterocycles. The maximum atomic E-state index is 13.2. The van der Waals surface area contributed by atoms with Crippen LogP contribution in [-0.4, -0.2) is 23.6 Å². The standard InChI is InChI=1S/C15H23BrFNS/c1-4-11(3)19-10-13(18-5-2)8-12-6-7-15(17)14(16)9-12/h6-7,9,11,13,18H,4-5,8,10H2,1-3H3. The van der Waals surface area contributed by atoms with E-state index in [1.54, 1.807) is 0 Å². The molecule has 0 fully saturated rings. The molecule has 19 heavy (non-hydrogen) atoms. The summed E-state index contributed by atoms with van der Waals surface area (Å²) in [6.07, 6.45) is 2.14. The second kappa shape index (κ2) is 8.98. The number of thioether (sulfide) groups is 1. The summed E-state index contributed by atoms with van der Waals surface area (Å²) < 4.78 is 13.8. The minimum atomic E-state index is -0.197. The molecular weight excluding hydrogens is 325 g/mol. The SMILES string of the molecule is CCNC(CSC(C)CC)Cc1ccc(F)c(Br)c1. The Morgan fingerprint density at radius 2 is 2.11 bits per heavy atom. The first kappa shape index (κ1) is 17.0. The lowest BCUT2D eigenvalue weighted by molar-refractivity contribution is 0.569. The molecule has 0 aliphatic rings. The van der Waals surface area contributed by atoms with Crippen LogP contribution in [-0.2, 0) is 6.42 Å². The number of hydrogen-bond donors (Lipinski definition) is 1. The zero-order valence-electron chi connectivity index (χ0n) is 11.9. The Balaban J connectivity index is 2.58. The Kier molecular flexibility index (Phi) is 8.03. The lowest BCUT2D eigenvalue weighted by Gasteiger charge is -2.19. The maximum absolute atomic E-state index is 13.2. The van der Waals surface area contributed by atoms with Crippen LogP contribution >= 0.6 is 27.7 Å². The summed E-state index contributed by atoms with van der Waals surface area (Å²) in [5.41, 5.74) is 1.17. The van der Waals surface area contributed by atoms with Gasteiger partial charge in [-0.05, 0) is 53.0 Å². The second-order valence-corrected chi connectivity index (χ2v) is 7.09. The fraction of sp³-hybridized carbons (Fsp3) is 0.600. The summed E-state index contributed by atoms with van der Waals surface area (Å²) in [4.78, 5) is 0. The molecule has 0 amide bonds. The summed E-state index contributed by atoms with van der Waals surface area (Å²) in [5.74, 6) is 0.899. The van der Waals surface area contributed by atoms with Gasteiger partial charge in [0.15, 0.2) is 0 Å². The Bertz CT molecular complexity index is 386. The maximum Gasteiger partial charge on any atom is 0.137 e. The second-order valence-electron chi connectivity index (χ2n) is 4.76. The molecule has 0 heterocycles. The Labute approximate surface area is 128 Å². The van der Waals surface area contributed by atoms with Gasteiger partial charge < -0.3 is 5.32 Å². The molecule has 0 aliphatic carbocycles. The van der Waals surface area contributed by atoms with E-state index in [0.29, 0.717) is 15.8 Å². The third-order valence-electron chi connectivity index (χ3n) is 3.12. The van der Waals surface area contributed by atoms with Crippen molar-refractivity contribution < 1.29 is 4.39 Å². The van der Waals surface area contributed by atoms with E-state index in [1.165, 1.54) is 18.1 Å². The molecule has 1 aromatic rings. The van der Waals surface area contributed by atoms with Gasteiger partial charge in [0.1, 0.15) is 5.82 Å². The van der Waals surface area contributed by atoms with Crippen molar-refractivity contribution in [3.05, 3.63) is 34.1 Å². The molecule has 1 N–H and O–H groups in total. The molecule has 0 spiro atoms.